The van der Waals surface area contributed by atoms with Gasteiger partial charge in [-0.25, -0.2) is 4.98 Å². The SMILES string of the molecule is O=C(O)Cc1nc2ccccn2c1C(F)(F)F. The highest BCUT2D eigenvalue weighted by molar-refractivity contribution is 5.70. The van der Waals surface area contributed by atoms with E-state index >= 15 is 0 Å². The molecule has 7 heteroatoms. The molecule has 0 saturated heterocycles. The molecule has 0 fully saturated rings. The van der Waals surface area contributed by atoms with Crippen LogP contribution in [0.3, 0.4) is 0 Å². The molecule has 0 aromatic carbocycles. The van der Waals surface area contributed by atoms with Crippen LogP contribution >= 0.6 is 0 Å². The Morgan fingerprint density at radius 3 is 2.71 bits per heavy atom. The van der Waals surface area contributed by atoms with Crippen LogP contribution in [0, 0.1) is 0 Å². The molecule has 0 aliphatic rings. The largest absolute Gasteiger partial charge is 0.481 e. The molecule has 2 heterocycles. The molecule has 2 aromatic rings. The smallest absolute Gasteiger partial charge is 0.433 e. The van der Waals surface area contributed by atoms with Crippen molar-refractivity contribution in [2.45, 2.75) is 12.6 Å². The number of carboxylic acid groups (broad SMARTS) is 1. The van der Waals surface area contributed by atoms with Crippen molar-refractivity contribution in [2.75, 3.05) is 0 Å². The molecule has 0 amide bonds. The summed E-state index contributed by atoms with van der Waals surface area (Å²) in [5.74, 6) is -1.35. The fourth-order valence-corrected chi connectivity index (χ4v) is 1.61. The van der Waals surface area contributed by atoms with Gasteiger partial charge in [0.2, 0.25) is 0 Å². The number of aromatic nitrogens is 2. The number of rotatable bonds is 2. The lowest BCUT2D eigenvalue weighted by Gasteiger charge is -2.07. The van der Waals surface area contributed by atoms with Crippen LogP contribution in [0.25, 0.3) is 5.65 Å². The first kappa shape index (κ1) is 11.4. The molecule has 17 heavy (non-hydrogen) atoms. The first-order chi connectivity index (χ1) is 7.89. The molecule has 0 spiro atoms. The standard InChI is InChI=1S/C10H7F3N2O2/c11-10(12,13)9-6(5-8(16)17)14-7-3-1-2-4-15(7)9/h1-4H,5H2,(H,16,17). The summed E-state index contributed by atoms with van der Waals surface area (Å²) in [6.07, 6.45) is -4.18. The summed E-state index contributed by atoms with van der Waals surface area (Å²) < 4.78 is 39.3. The van der Waals surface area contributed by atoms with Gasteiger partial charge < -0.3 is 5.11 Å². The maximum atomic E-state index is 12.8. The van der Waals surface area contributed by atoms with Gasteiger partial charge in [0.05, 0.1) is 12.1 Å². The minimum atomic E-state index is -4.63. The van der Waals surface area contributed by atoms with Crippen molar-refractivity contribution < 1.29 is 23.1 Å². The lowest BCUT2D eigenvalue weighted by Crippen LogP contribution is -2.14. The fraction of sp³-hybridized carbons (Fsp3) is 0.200. The van der Waals surface area contributed by atoms with Gasteiger partial charge in [-0.3, -0.25) is 9.20 Å². The van der Waals surface area contributed by atoms with E-state index in [4.69, 9.17) is 5.11 Å². The van der Waals surface area contributed by atoms with Crippen LogP contribution in [0.1, 0.15) is 11.4 Å². The van der Waals surface area contributed by atoms with Crippen molar-refractivity contribution in [3.8, 4) is 0 Å². The molecule has 0 atom stereocenters. The Kier molecular flexibility index (Phi) is 2.53. The van der Waals surface area contributed by atoms with Gasteiger partial charge in [0, 0.05) is 6.20 Å². The maximum Gasteiger partial charge on any atom is 0.433 e. The minimum Gasteiger partial charge on any atom is -0.481 e. The second-order valence-electron chi connectivity index (χ2n) is 3.40. The van der Waals surface area contributed by atoms with E-state index < -0.39 is 30.0 Å². The van der Waals surface area contributed by atoms with E-state index in [-0.39, 0.29) is 5.65 Å². The van der Waals surface area contributed by atoms with Gasteiger partial charge in [-0.05, 0) is 12.1 Å². The fourth-order valence-electron chi connectivity index (χ4n) is 1.61. The molecule has 0 unspecified atom stereocenters. The lowest BCUT2D eigenvalue weighted by atomic mass is 10.2. The molecule has 1 N–H and O–H groups in total. The van der Waals surface area contributed by atoms with Crippen LogP contribution in [-0.4, -0.2) is 20.5 Å². The zero-order valence-electron chi connectivity index (χ0n) is 8.40. The van der Waals surface area contributed by atoms with Gasteiger partial charge in [0.25, 0.3) is 0 Å². The number of carbonyl (C=O) groups is 1. The molecule has 0 radical (unpaired) electrons. The monoisotopic (exact) mass is 244 g/mol. The van der Waals surface area contributed by atoms with Crippen molar-refractivity contribution in [3.63, 3.8) is 0 Å². The summed E-state index contributed by atoms with van der Waals surface area (Å²) in [4.78, 5) is 14.2. The number of pyridine rings is 1. The summed E-state index contributed by atoms with van der Waals surface area (Å²) in [5.41, 5.74) is -1.43. The molecule has 0 saturated carbocycles. The lowest BCUT2D eigenvalue weighted by molar-refractivity contribution is -0.143. The number of hydrogen-bond donors (Lipinski definition) is 1. The Labute approximate surface area is 93.3 Å². The Bertz CT molecular complexity index is 574. The molecular weight excluding hydrogens is 237 g/mol. The van der Waals surface area contributed by atoms with E-state index in [2.05, 4.69) is 4.98 Å². The molecule has 2 aromatic heterocycles. The van der Waals surface area contributed by atoms with E-state index in [1.165, 1.54) is 24.4 Å². The zero-order chi connectivity index (χ0) is 12.6. The molecule has 2 rings (SSSR count). The van der Waals surface area contributed by atoms with Gasteiger partial charge in [-0.15, -0.1) is 0 Å². The first-order valence-corrected chi connectivity index (χ1v) is 4.64. The van der Waals surface area contributed by atoms with Crippen LogP contribution in [0.2, 0.25) is 0 Å². The Morgan fingerprint density at radius 2 is 2.12 bits per heavy atom. The predicted octanol–water partition coefficient (Wildman–Crippen LogP) is 1.98. The van der Waals surface area contributed by atoms with Crippen molar-refractivity contribution in [3.05, 3.63) is 35.8 Å². The second-order valence-corrected chi connectivity index (χ2v) is 3.40. The highest BCUT2D eigenvalue weighted by Crippen LogP contribution is 2.32. The van der Waals surface area contributed by atoms with Gasteiger partial charge >= 0.3 is 12.1 Å². The van der Waals surface area contributed by atoms with Gasteiger partial charge in [-0.1, -0.05) is 6.07 Å². The van der Waals surface area contributed by atoms with E-state index in [9.17, 15) is 18.0 Å². The topological polar surface area (TPSA) is 54.6 Å². The molecule has 0 aliphatic heterocycles. The Balaban J connectivity index is 2.69. The molecule has 4 nitrogen and oxygen atoms in total. The van der Waals surface area contributed by atoms with Crippen molar-refractivity contribution in [1.82, 2.24) is 9.38 Å². The maximum absolute atomic E-state index is 12.8. The quantitative estimate of drug-likeness (QED) is 0.878. The predicted molar refractivity (Wildman–Crippen MR) is 51.5 cm³/mol. The average molecular weight is 244 g/mol. The zero-order valence-corrected chi connectivity index (χ0v) is 8.40. The van der Waals surface area contributed by atoms with Crippen LogP contribution < -0.4 is 0 Å². The van der Waals surface area contributed by atoms with Gasteiger partial charge in [-0.2, -0.15) is 13.2 Å². The average Bonchev–Trinajstić information content (AvgIpc) is 2.53. The minimum absolute atomic E-state index is 0.0797. The van der Waals surface area contributed by atoms with Gasteiger partial charge in [0.1, 0.15) is 5.65 Å². The summed E-state index contributed by atoms with van der Waals surface area (Å²) >= 11 is 0. The summed E-state index contributed by atoms with van der Waals surface area (Å²) in [6.45, 7) is 0. The number of nitrogens with zero attached hydrogens (tertiary/aromatic N) is 2. The number of halogens is 3. The summed E-state index contributed by atoms with van der Waals surface area (Å²) in [6, 6.07) is 4.35. The van der Waals surface area contributed by atoms with Crippen molar-refractivity contribution in [2.24, 2.45) is 0 Å². The summed E-state index contributed by atoms with van der Waals surface area (Å²) in [7, 11) is 0. The van der Waals surface area contributed by atoms with Crippen LogP contribution in [-0.2, 0) is 17.4 Å². The Hall–Kier alpha value is -2.05. The number of carboxylic acids is 1. The van der Waals surface area contributed by atoms with Crippen LogP contribution in [0.4, 0.5) is 13.2 Å². The van der Waals surface area contributed by atoms with Crippen molar-refractivity contribution in [1.29, 1.82) is 0 Å². The van der Waals surface area contributed by atoms with E-state index in [0.717, 1.165) is 4.40 Å². The van der Waals surface area contributed by atoms with Gasteiger partial charge in [0.15, 0.2) is 5.69 Å². The van der Waals surface area contributed by atoms with E-state index in [1.807, 2.05) is 0 Å². The number of imidazole rings is 1. The van der Waals surface area contributed by atoms with E-state index in [0.29, 0.717) is 0 Å². The number of alkyl halides is 3. The Morgan fingerprint density at radius 1 is 1.41 bits per heavy atom. The normalized spacial score (nSPS) is 11.9. The number of hydrogen-bond acceptors (Lipinski definition) is 2. The highest BCUT2D eigenvalue weighted by atomic mass is 19.4. The molecule has 0 aliphatic carbocycles. The van der Waals surface area contributed by atoms with E-state index in [1.54, 1.807) is 0 Å². The second kappa shape index (κ2) is 3.76. The molecule has 90 valence electrons. The highest BCUT2D eigenvalue weighted by Gasteiger charge is 2.38. The third kappa shape index (κ3) is 2.08. The number of aliphatic carboxylic acids is 1. The number of fused-ring (bicyclic) bond motifs is 1. The molecule has 0 bridgehead atoms. The van der Waals surface area contributed by atoms with Crippen molar-refractivity contribution >= 4 is 11.6 Å². The first-order valence-electron chi connectivity index (χ1n) is 4.64. The third-order valence-electron chi connectivity index (χ3n) is 2.19. The third-order valence-corrected chi connectivity index (χ3v) is 2.19. The summed E-state index contributed by atoms with van der Waals surface area (Å²) in [5, 5.41) is 8.57. The van der Waals surface area contributed by atoms with Crippen LogP contribution in [0.5, 0.6) is 0 Å². The van der Waals surface area contributed by atoms with Crippen LogP contribution in [0.15, 0.2) is 24.4 Å². The molecular formula is C10H7F3N2O2.